The molecule has 0 bridgehead atoms. The maximum atomic E-state index is 12.4. The van der Waals surface area contributed by atoms with Crippen LogP contribution in [0, 0.1) is 0 Å². The number of nitrogens with zero attached hydrogens (tertiary/aromatic N) is 1. The van der Waals surface area contributed by atoms with Gasteiger partial charge in [0.25, 0.3) is 5.76 Å². The van der Waals surface area contributed by atoms with Crippen LogP contribution in [-0.4, -0.2) is 23.3 Å². The van der Waals surface area contributed by atoms with Gasteiger partial charge in [-0.25, -0.2) is 9.78 Å². The Balaban J connectivity index is 1.85. The van der Waals surface area contributed by atoms with Crippen LogP contribution in [0.2, 0.25) is 0 Å². The van der Waals surface area contributed by atoms with E-state index in [1.165, 1.54) is 18.3 Å². The molecule has 6 heteroatoms. The van der Waals surface area contributed by atoms with Crippen LogP contribution >= 0.6 is 11.8 Å². The summed E-state index contributed by atoms with van der Waals surface area (Å²) in [4.78, 5) is 15.7. The van der Waals surface area contributed by atoms with E-state index in [9.17, 15) is 13.6 Å². The van der Waals surface area contributed by atoms with Gasteiger partial charge in [-0.2, -0.15) is 8.78 Å². The van der Waals surface area contributed by atoms with Crippen molar-refractivity contribution in [3.05, 3.63) is 59.8 Å². The molecule has 116 valence electrons. The van der Waals surface area contributed by atoms with Crippen LogP contribution in [0.4, 0.5) is 8.78 Å². The van der Waals surface area contributed by atoms with Gasteiger partial charge in [-0.05, 0) is 42.3 Å². The summed E-state index contributed by atoms with van der Waals surface area (Å²) in [6.07, 6.45) is 2.84. The molecule has 0 unspecified atom stereocenters. The van der Waals surface area contributed by atoms with Crippen molar-refractivity contribution in [1.29, 1.82) is 0 Å². The van der Waals surface area contributed by atoms with Crippen LogP contribution < -0.4 is 0 Å². The lowest BCUT2D eigenvalue weighted by Crippen LogP contribution is -2.09. The van der Waals surface area contributed by atoms with Gasteiger partial charge in [-0.3, -0.25) is 0 Å². The molecule has 1 aromatic carbocycles. The Labute approximate surface area is 131 Å². The van der Waals surface area contributed by atoms with Crippen molar-refractivity contribution >= 4 is 17.7 Å². The van der Waals surface area contributed by atoms with E-state index in [2.05, 4.69) is 4.98 Å². The van der Waals surface area contributed by atoms with Crippen LogP contribution in [0.5, 0.6) is 0 Å². The number of benzene rings is 1. The molecule has 3 nitrogen and oxygen atoms in total. The zero-order valence-electron chi connectivity index (χ0n) is 11.7. The van der Waals surface area contributed by atoms with Gasteiger partial charge in [0.2, 0.25) is 0 Å². The summed E-state index contributed by atoms with van der Waals surface area (Å²) in [5.41, 5.74) is 1.24. The number of carbonyl (C=O) groups is 1. The fraction of sp³-hybridized carbons (Fsp3) is 0.250. The Bertz CT molecular complexity index is 608. The lowest BCUT2D eigenvalue weighted by Gasteiger charge is -2.08. The third kappa shape index (κ3) is 5.11. The summed E-state index contributed by atoms with van der Waals surface area (Å²) < 4.78 is 30.0. The van der Waals surface area contributed by atoms with Gasteiger partial charge in [0.1, 0.15) is 5.03 Å². The molecule has 0 aliphatic carbocycles. The second kappa shape index (κ2) is 8.48. The van der Waals surface area contributed by atoms with Crippen molar-refractivity contribution < 1.29 is 18.3 Å². The fourth-order valence-electron chi connectivity index (χ4n) is 1.89. The first-order valence-corrected chi connectivity index (χ1v) is 7.65. The molecule has 22 heavy (non-hydrogen) atoms. The number of alkyl halides is 2. The highest BCUT2D eigenvalue weighted by molar-refractivity contribution is 7.99. The Hall–Kier alpha value is -1.95. The molecule has 0 N–H and O–H groups in total. The number of esters is 1. The van der Waals surface area contributed by atoms with Crippen molar-refractivity contribution in [2.24, 2.45) is 0 Å². The molecule has 0 spiro atoms. The second-order valence-corrected chi connectivity index (χ2v) is 5.44. The van der Waals surface area contributed by atoms with E-state index in [-0.39, 0.29) is 29.0 Å². The first-order valence-electron chi connectivity index (χ1n) is 6.77. The summed E-state index contributed by atoms with van der Waals surface area (Å²) in [5, 5.41) is -0.00874. The van der Waals surface area contributed by atoms with E-state index in [0.717, 1.165) is 12.0 Å². The Kier molecular flexibility index (Phi) is 6.33. The van der Waals surface area contributed by atoms with Gasteiger partial charge in [-0.15, -0.1) is 0 Å². The molecular weight excluding hydrogens is 308 g/mol. The maximum Gasteiger partial charge on any atom is 0.340 e. The van der Waals surface area contributed by atoms with Crippen molar-refractivity contribution in [1.82, 2.24) is 4.98 Å². The molecule has 0 aliphatic rings. The van der Waals surface area contributed by atoms with Crippen LogP contribution in [0.25, 0.3) is 0 Å². The summed E-state index contributed by atoms with van der Waals surface area (Å²) in [7, 11) is 0. The number of aryl methyl sites for hydroxylation is 1. The second-order valence-electron chi connectivity index (χ2n) is 4.46. The SMILES string of the molecule is O=C(OCCCc1ccccc1)c1cccnc1SC(F)F. The van der Waals surface area contributed by atoms with E-state index in [1.54, 1.807) is 0 Å². The number of aromatic nitrogens is 1. The van der Waals surface area contributed by atoms with E-state index < -0.39 is 11.7 Å². The van der Waals surface area contributed by atoms with Gasteiger partial charge in [0.05, 0.1) is 12.2 Å². The zero-order chi connectivity index (χ0) is 15.8. The third-order valence-electron chi connectivity index (χ3n) is 2.88. The van der Waals surface area contributed by atoms with Crippen LogP contribution in [0.15, 0.2) is 53.7 Å². The first kappa shape index (κ1) is 16.4. The lowest BCUT2D eigenvalue weighted by molar-refractivity contribution is 0.0495. The fourth-order valence-corrected chi connectivity index (χ4v) is 2.46. The molecule has 0 aliphatic heterocycles. The highest BCUT2D eigenvalue weighted by Crippen LogP contribution is 2.26. The normalized spacial score (nSPS) is 10.7. The molecule has 0 amide bonds. The number of carbonyl (C=O) groups excluding carboxylic acids is 1. The summed E-state index contributed by atoms with van der Waals surface area (Å²) in [5.74, 6) is -3.25. The van der Waals surface area contributed by atoms with Crippen molar-refractivity contribution in [2.75, 3.05) is 6.61 Å². The molecule has 1 heterocycles. The minimum absolute atomic E-state index is 0.00874. The van der Waals surface area contributed by atoms with E-state index in [1.807, 2.05) is 30.3 Å². The number of pyridine rings is 1. The van der Waals surface area contributed by atoms with E-state index in [4.69, 9.17) is 4.74 Å². The molecule has 0 saturated carbocycles. The van der Waals surface area contributed by atoms with Crippen molar-refractivity contribution in [3.63, 3.8) is 0 Å². The monoisotopic (exact) mass is 323 g/mol. The number of thioether (sulfide) groups is 1. The number of hydrogen-bond acceptors (Lipinski definition) is 4. The molecule has 2 rings (SSSR count). The topological polar surface area (TPSA) is 39.2 Å². The minimum Gasteiger partial charge on any atom is -0.462 e. The van der Waals surface area contributed by atoms with Crippen LogP contribution in [0.3, 0.4) is 0 Å². The number of hydrogen-bond donors (Lipinski definition) is 0. The largest absolute Gasteiger partial charge is 0.462 e. The molecule has 0 fully saturated rings. The smallest absolute Gasteiger partial charge is 0.340 e. The predicted molar refractivity (Wildman–Crippen MR) is 81.1 cm³/mol. The molecule has 2 aromatic rings. The molecule has 0 radical (unpaired) electrons. The van der Waals surface area contributed by atoms with Gasteiger partial charge in [-0.1, -0.05) is 30.3 Å². The molecule has 1 aromatic heterocycles. The quantitative estimate of drug-likeness (QED) is 0.435. The summed E-state index contributed by atoms with van der Waals surface area (Å²) in [6.45, 7) is 0.238. The lowest BCUT2D eigenvalue weighted by atomic mass is 10.1. The molecular formula is C16H15F2NO2S. The van der Waals surface area contributed by atoms with Gasteiger partial charge >= 0.3 is 5.97 Å². The predicted octanol–water partition coefficient (Wildman–Crippen LogP) is 4.19. The van der Waals surface area contributed by atoms with E-state index in [0.29, 0.717) is 6.42 Å². The van der Waals surface area contributed by atoms with Gasteiger partial charge < -0.3 is 4.74 Å². The highest BCUT2D eigenvalue weighted by Gasteiger charge is 2.17. The Morgan fingerprint density at radius 2 is 1.95 bits per heavy atom. The Morgan fingerprint density at radius 1 is 1.18 bits per heavy atom. The van der Waals surface area contributed by atoms with Crippen molar-refractivity contribution in [2.45, 2.75) is 23.6 Å². The average Bonchev–Trinajstić information content (AvgIpc) is 2.52. The maximum absolute atomic E-state index is 12.4. The molecule has 0 saturated heterocycles. The van der Waals surface area contributed by atoms with Crippen molar-refractivity contribution in [3.8, 4) is 0 Å². The van der Waals surface area contributed by atoms with Gasteiger partial charge in [0, 0.05) is 6.20 Å². The standard InChI is InChI=1S/C16H15F2NO2S/c17-16(18)22-14-13(9-4-10-19-14)15(20)21-11-5-8-12-6-2-1-3-7-12/h1-4,6-7,9-10,16H,5,8,11H2. The van der Waals surface area contributed by atoms with Crippen LogP contribution in [-0.2, 0) is 11.2 Å². The molecule has 0 atom stereocenters. The zero-order valence-corrected chi connectivity index (χ0v) is 12.6. The van der Waals surface area contributed by atoms with Gasteiger partial charge in [0.15, 0.2) is 0 Å². The van der Waals surface area contributed by atoms with E-state index >= 15 is 0 Å². The highest BCUT2D eigenvalue weighted by atomic mass is 32.2. The summed E-state index contributed by atoms with van der Waals surface area (Å²) in [6, 6.07) is 12.8. The average molecular weight is 323 g/mol. The number of rotatable bonds is 7. The summed E-state index contributed by atoms with van der Waals surface area (Å²) >= 11 is 0.244. The first-order chi connectivity index (χ1) is 10.7. The number of halogens is 2. The van der Waals surface area contributed by atoms with Crippen LogP contribution in [0.1, 0.15) is 22.3 Å². The number of ether oxygens (including phenoxy) is 1. The Morgan fingerprint density at radius 3 is 2.68 bits per heavy atom. The minimum atomic E-state index is -2.63. The third-order valence-corrected chi connectivity index (χ3v) is 3.60.